The van der Waals surface area contributed by atoms with E-state index in [4.69, 9.17) is 0 Å². The lowest BCUT2D eigenvalue weighted by molar-refractivity contribution is 0.595. The first-order chi connectivity index (χ1) is 7.27. The fraction of sp³-hybridized carbons (Fsp3) is 0.500. The summed E-state index contributed by atoms with van der Waals surface area (Å²) in [4.78, 5) is 1.33. The Hall–Kier alpha value is 0.400. The molecule has 1 aromatic rings. The summed E-state index contributed by atoms with van der Waals surface area (Å²) in [5, 5.41) is 0. The predicted octanol–water partition coefficient (Wildman–Crippen LogP) is 4.89. The molecule has 0 spiro atoms. The lowest BCUT2D eigenvalue weighted by Crippen LogP contribution is -2.04. The molecule has 15 heavy (non-hydrogen) atoms. The minimum Gasteiger partial charge on any atom is -0.179 e. The highest BCUT2D eigenvalue weighted by Gasteiger charge is 2.07. The van der Waals surface area contributed by atoms with E-state index in [-0.39, 0.29) is 0 Å². The molecule has 1 aromatic carbocycles. The first-order valence-electron chi connectivity index (χ1n) is 5.26. The van der Waals surface area contributed by atoms with Gasteiger partial charge in [0.25, 0.3) is 0 Å². The van der Waals surface area contributed by atoms with Crippen molar-refractivity contribution in [1.29, 1.82) is 0 Å². The number of benzene rings is 1. The maximum Gasteiger partial charge on any atom is 0.0311 e. The van der Waals surface area contributed by atoms with Crippen molar-refractivity contribution in [3.05, 3.63) is 28.7 Å². The zero-order chi connectivity index (χ0) is 11.1. The van der Waals surface area contributed by atoms with Crippen LogP contribution in [0.2, 0.25) is 0 Å². The molecule has 1 rings (SSSR count). The summed E-state index contributed by atoms with van der Waals surface area (Å²) < 4.78 is 1.20. The molecule has 1 unspecified atom stereocenters. The number of halogens is 1. The van der Waals surface area contributed by atoms with E-state index in [1.807, 2.05) is 11.8 Å². The van der Waals surface area contributed by atoms with Gasteiger partial charge >= 0.3 is 0 Å². The van der Waals surface area contributed by atoms with Gasteiger partial charge in [-0.2, -0.15) is 12.6 Å². The first kappa shape index (κ1) is 13.5. The summed E-state index contributed by atoms with van der Waals surface area (Å²) >= 11 is 9.89. The molecule has 0 heterocycles. The maximum absolute atomic E-state index is 4.40. The fourth-order valence-corrected chi connectivity index (χ4v) is 3.60. The molecular weight excluding hydrogens is 288 g/mol. The molecule has 0 saturated carbocycles. The average molecular weight is 305 g/mol. The Bertz CT molecular complexity index is 289. The van der Waals surface area contributed by atoms with Gasteiger partial charge in [0, 0.05) is 15.1 Å². The average Bonchev–Trinajstić information content (AvgIpc) is 2.26. The lowest BCUT2D eigenvalue weighted by atomic mass is 10.1. The highest BCUT2D eigenvalue weighted by atomic mass is 79.9. The van der Waals surface area contributed by atoms with Crippen LogP contribution in [0.3, 0.4) is 0 Å². The first-order valence-corrected chi connectivity index (χ1v) is 7.67. The zero-order valence-electron chi connectivity index (χ0n) is 8.95. The molecular formula is C12H17BrS2. The van der Waals surface area contributed by atoms with Crippen LogP contribution in [0.5, 0.6) is 0 Å². The Kier molecular flexibility index (Phi) is 6.86. The number of rotatable bonds is 6. The predicted molar refractivity (Wildman–Crippen MR) is 77.1 cm³/mol. The third kappa shape index (κ3) is 4.83. The third-order valence-electron chi connectivity index (χ3n) is 2.27. The summed E-state index contributed by atoms with van der Waals surface area (Å²) in [5.74, 6) is 2.89. The second-order valence-corrected chi connectivity index (χ2v) is 5.86. The van der Waals surface area contributed by atoms with Crippen molar-refractivity contribution in [1.82, 2.24) is 0 Å². The monoisotopic (exact) mass is 304 g/mol. The van der Waals surface area contributed by atoms with Gasteiger partial charge < -0.3 is 0 Å². The van der Waals surface area contributed by atoms with E-state index in [1.54, 1.807) is 0 Å². The maximum atomic E-state index is 4.40. The molecule has 0 amide bonds. The van der Waals surface area contributed by atoms with E-state index < -0.39 is 0 Å². The standard InChI is InChI=1S/C12H17BrS2/c1-2-5-10(8-14)9-15-12-7-4-3-6-11(12)13/h3-4,6-7,10,14H,2,5,8-9H2,1H3. The normalized spacial score (nSPS) is 12.7. The summed E-state index contributed by atoms with van der Waals surface area (Å²) in [6.07, 6.45) is 2.53. The summed E-state index contributed by atoms with van der Waals surface area (Å²) in [6, 6.07) is 8.40. The number of hydrogen-bond acceptors (Lipinski definition) is 2. The molecule has 0 nitrogen and oxygen atoms in total. The molecule has 0 aliphatic heterocycles. The van der Waals surface area contributed by atoms with Crippen LogP contribution in [0, 0.1) is 5.92 Å². The molecule has 0 saturated heterocycles. The molecule has 0 fully saturated rings. The minimum atomic E-state index is 0.732. The van der Waals surface area contributed by atoms with Gasteiger partial charge in [0.1, 0.15) is 0 Å². The van der Waals surface area contributed by atoms with Crippen molar-refractivity contribution in [2.24, 2.45) is 5.92 Å². The van der Waals surface area contributed by atoms with Gasteiger partial charge in [-0.25, -0.2) is 0 Å². The number of thioether (sulfide) groups is 1. The second-order valence-electron chi connectivity index (χ2n) is 3.58. The van der Waals surface area contributed by atoms with Gasteiger partial charge in [-0.15, -0.1) is 11.8 Å². The third-order valence-corrected chi connectivity index (χ3v) is 5.04. The SMILES string of the molecule is CCCC(CS)CSc1ccccc1Br. The van der Waals surface area contributed by atoms with Crippen molar-refractivity contribution in [2.45, 2.75) is 24.7 Å². The van der Waals surface area contributed by atoms with Gasteiger partial charge in [0.15, 0.2) is 0 Å². The van der Waals surface area contributed by atoms with Crippen LogP contribution in [0.25, 0.3) is 0 Å². The second kappa shape index (κ2) is 7.64. The van der Waals surface area contributed by atoms with Gasteiger partial charge in [0.05, 0.1) is 0 Å². The Morgan fingerprint density at radius 1 is 1.40 bits per heavy atom. The van der Waals surface area contributed by atoms with Crippen LogP contribution < -0.4 is 0 Å². The Balaban J connectivity index is 2.45. The molecule has 0 radical (unpaired) electrons. The van der Waals surface area contributed by atoms with Crippen molar-refractivity contribution < 1.29 is 0 Å². The largest absolute Gasteiger partial charge is 0.179 e. The van der Waals surface area contributed by atoms with Gasteiger partial charge in [-0.3, -0.25) is 0 Å². The number of hydrogen-bond donors (Lipinski definition) is 1. The quantitative estimate of drug-likeness (QED) is 0.577. The Morgan fingerprint density at radius 2 is 2.13 bits per heavy atom. The summed E-state index contributed by atoms with van der Waals surface area (Å²) in [6.45, 7) is 2.24. The topological polar surface area (TPSA) is 0 Å². The van der Waals surface area contributed by atoms with E-state index in [0.29, 0.717) is 0 Å². The molecule has 0 bridgehead atoms. The van der Waals surface area contributed by atoms with E-state index in [0.717, 1.165) is 11.7 Å². The molecule has 0 aliphatic rings. The molecule has 1 atom stereocenters. The Morgan fingerprint density at radius 3 is 2.73 bits per heavy atom. The molecule has 3 heteroatoms. The molecule has 0 aromatic heterocycles. The van der Waals surface area contributed by atoms with Crippen LogP contribution in [0.4, 0.5) is 0 Å². The molecule has 84 valence electrons. The minimum absolute atomic E-state index is 0.732. The van der Waals surface area contributed by atoms with Gasteiger partial charge in [0.2, 0.25) is 0 Å². The van der Waals surface area contributed by atoms with Crippen LogP contribution in [0.15, 0.2) is 33.6 Å². The summed E-state index contributed by atoms with van der Waals surface area (Å²) in [7, 11) is 0. The van der Waals surface area contributed by atoms with E-state index in [1.165, 1.54) is 28.0 Å². The van der Waals surface area contributed by atoms with Crippen LogP contribution >= 0.6 is 40.3 Å². The zero-order valence-corrected chi connectivity index (χ0v) is 12.2. The smallest absolute Gasteiger partial charge is 0.0311 e. The molecule has 0 aliphatic carbocycles. The van der Waals surface area contributed by atoms with Gasteiger partial charge in [-0.05, 0) is 46.2 Å². The van der Waals surface area contributed by atoms with Gasteiger partial charge in [-0.1, -0.05) is 25.5 Å². The highest BCUT2D eigenvalue weighted by Crippen LogP contribution is 2.29. The van der Waals surface area contributed by atoms with E-state index in [2.05, 4.69) is 59.7 Å². The van der Waals surface area contributed by atoms with Crippen molar-refractivity contribution in [3.8, 4) is 0 Å². The van der Waals surface area contributed by atoms with Crippen LogP contribution in [0.1, 0.15) is 19.8 Å². The molecule has 0 N–H and O–H groups in total. The van der Waals surface area contributed by atoms with Crippen LogP contribution in [-0.2, 0) is 0 Å². The highest BCUT2D eigenvalue weighted by molar-refractivity contribution is 9.10. The fourth-order valence-electron chi connectivity index (χ4n) is 1.40. The van der Waals surface area contributed by atoms with Crippen molar-refractivity contribution in [2.75, 3.05) is 11.5 Å². The van der Waals surface area contributed by atoms with E-state index in [9.17, 15) is 0 Å². The number of thiol groups is 1. The Labute approximate surface area is 111 Å². The van der Waals surface area contributed by atoms with E-state index >= 15 is 0 Å². The van der Waals surface area contributed by atoms with Crippen LogP contribution in [-0.4, -0.2) is 11.5 Å². The lowest BCUT2D eigenvalue weighted by Gasteiger charge is -2.13. The van der Waals surface area contributed by atoms with Crippen molar-refractivity contribution >= 4 is 40.3 Å². The van der Waals surface area contributed by atoms with Crippen molar-refractivity contribution in [3.63, 3.8) is 0 Å². The summed E-state index contributed by atoms with van der Waals surface area (Å²) in [5.41, 5.74) is 0.